The van der Waals surface area contributed by atoms with E-state index in [-0.39, 0.29) is 5.91 Å². The summed E-state index contributed by atoms with van der Waals surface area (Å²) >= 11 is 0. The van der Waals surface area contributed by atoms with Gasteiger partial charge >= 0.3 is 0 Å². The summed E-state index contributed by atoms with van der Waals surface area (Å²) in [5.41, 5.74) is -0.708. The molecule has 0 saturated carbocycles. The maximum absolute atomic E-state index is 12.8. The largest absolute Gasteiger partial charge is 0.363 e. The van der Waals surface area contributed by atoms with E-state index < -0.39 is 5.60 Å². The molecule has 0 N–H and O–H groups in total. The van der Waals surface area contributed by atoms with Crippen molar-refractivity contribution in [1.29, 1.82) is 0 Å². The van der Waals surface area contributed by atoms with Crippen LogP contribution in [0.1, 0.15) is 6.92 Å². The van der Waals surface area contributed by atoms with Crippen molar-refractivity contribution in [3.63, 3.8) is 0 Å². The molecule has 22 heavy (non-hydrogen) atoms. The highest BCUT2D eigenvalue weighted by atomic mass is 16.5. The molecular weight excluding hydrogens is 280 g/mol. The van der Waals surface area contributed by atoms with Crippen LogP contribution in [-0.2, 0) is 9.53 Å². The number of carbonyl (C=O) groups is 1. The van der Waals surface area contributed by atoms with Crippen molar-refractivity contribution in [1.82, 2.24) is 14.8 Å². The molecule has 2 aliphatic heterocycles. The van der Waals surface area contributed by atoms with Crippen LogP contribution in [-0.4, -0.2) is 79.2 Å². The molecule has 6 nitrogen and oxygen atoms in total. The lowest BCUT2D eigenvalue weighted by molar-refractivity contribution is -0.166. The van der Waals surface area contributed by atoms with Gasteiger partial charge in [-0.1, -0.05) is 6.07 Å². The van der Waals surface area contributed by atoms with Crippen LogP contribution in [0.3, 0.4) is 0 Å². The predicted molar refractivity (Wildman–Crippen MR) is 84.9 cm³/mol. The van der Waals surface area contributed by atoms with Crippen LogP contribution in [0.15, 0.2) is 24.4 Å². The molecule has 1 atom stereocenters. The van der Waals surface area contributed by atoms with Gasteiger partial charge in [-0.25, -0.2) is 4.98 Å². The summed E-state index contributed by atoms with van der Waals surface area (Å²) in [6.45, 7) is 7.14. The number of morpholine rings is 1. The summed E-state index contributed by atoms with van der Waals surface area (Å²) in [5, 5.41) is 0. The Morgan fingerprint density at radius 3 is 2.64 bits per heavy atom. The normalized spacial score (nSPS) is 27.0. The number of anilines is 1. The quantitative estimate of drug-likeness (QED) is 0.794. The van der Waals surface area contributed by atoms with Gasteiger partial charge < -0.3 is 19.4 Å². The zero-order valence-corrected chi connectivity index (χ0v) is 13.4. The van der Waals surface area contributed by atoms with E-state index in [9.17, 15) is 4.79 Å². The monoisotopic (exact) mass is 304 g/mol. The lowest BCUT2D eigenvalue weighted by Gasteiger charge is -2.43. The van der Waals surface area contributed by atoms with Gasteiger partial charge in [0.2, 0.25) is 0 Å². The van der Waals surface area contributed by atoms with Gasteiger partial charge in [-0.15, -0.1) is 0 Å². The molecule has 0 aromatic carbocycles. The molecular formula is C16H24N4O2. The molecule has 2 aliphatic rings. The number of nitrogens with zero attached hydrogens (tertiary/aromatic N) is 4. The van der Waals surface area contributed by atoms with Crippen LogP contribution in [0, 0.1) is 0 Å². The predicted octanol–water partition coefficient (Wildman–Crippen LogP) is 0.451. The first-order chi connectivity index (χ1) is 10.6. The van der Waals surface area contributed by atoms with E-state index in [1.165, 1.54) is 0 Å². The lowest BCUT2D eigenvalue weighted by atomic mass is 10.0. The Labute approximate surface area is 131 Å². The molecule has 1 unspecified atom stereocenters. The molecule has 0 aliphatic carbocycles. The summed E-state index contributed by atoms with van der Waals surface area (Å²) < 4.78 is 5.80. The van der Waals surface area contributed by atoms with Crippen molar-refractivity contribution < 1.29 is 9.53 Å². The number of amides is 1. The molecule has 0 radical (unpaired) electrons. The number of hydrogen-bond donors (Lipinski definition) is 0. The van der Waals surface area contributed by atoms with Gasteiger partial charge in [0, 0.05) is 45.5 Å². The Kier molecular flexibility index (Phi) is 4.31. The van der Waals surface area contributed by atoms with Crippen molar-refractivity contribution in [2.24, 2.45) is 0 Å². The van der Waals surface area contributed by atoms with Crippen LogP contribution in [0.5, 0.6) is 0 Å². The third-order valence-corrected chi connectivity index (χ3v) is 4.46. The molecule has 2 saturated heterocycles. The minimum atomic E-state index is -0.708. The van der Waals surface area contributed by atoms with Gasteiger partial charge in [0.15, 0.2) is 5.60 Å². The first-order valence-corrected chi connectivity index (χ1v) is 7.86. The Morgan fingerprint density at radius 2 is 2.00 bits per heavy atom. The molecule has 3 rings (SSSR count). The molecule has 1 aromatic heterocycles. The fourth-order valence-electron chi connectivity index (χ4n) is 3.21. The number of carbonyl (C=O) groups excluding carboxylic acids is 1. The van der Waals surface area contributed by atoms with Crippen LogP contribution >= 0.6 is 0 Å². The second-order valence-electron chi connectivity index (χ2n) is 6.28. The van der Waals surface area contributed by atoms with Crippen LogP contribution in [0.25, 0.3) is 0 Å². The fraction of sp³-hybridized carbons (Fsp3) is 0.625. The highest BCUT2D eigenvalue weighted by Crippen LogP contribution is 2.21. The zero-order chi connectivity index (χ0) is 15.6. The van der Waals surface area contributed by atoms with Gasteiger partial charge in [0.1, 0.15) is 5.82 Å². The van der Waals surface area contributed by atoms with Gasteiger partial charge in [0.25, 0.3) is 5.91 Å². The van der Waals surface area contributed by atoms with Crippen molar-refractivity contribution in [2.75, 3.05) is 57.8 Å². The molecule has 2 fully saturated rings. The molecule has 0 spiro atoms. The van der Waals surface area contributed by atoms with Crippen molar-refractivity contribution >= 4 is 11.7 Å². The second-order valence-corrected chi connectivity index (χ2v) is 6.28. The standard InChI is InChI=1S/C16H24N4O2/c1-16(13-18(2)11-12-22-16)15(21)20-9-7-19(8-10-20)14-5-3-4-6-17-14/h3-6H,7-13H2,1-2H3. The summed E-state index contributed by atoms with van der Waals surface area (Å²) in [7, 11) is 2.03. The fourth-order valence-corrected chi connectivity index (χ4v) is 3.21. The van der Waals surface area contributed by atoms with Crippen molar-refractivity contribution in [3.8, 4) is 0 Å². The van der Waals surface area contributed by atoms with Gasteiger partial charge in [-0.2, -0.15) is 0 Å². The molecule has 1 aromatic rings. The smallest absolute Gasteiger partial charge is 0.255 e. The summed E-state index contributed by atoms with van der Waals surface area (Å²) in [4.78, 5) is 23.5. The first kappa shape index (κ1) is 15.2. The van der Waals surface area contributed by atoms with E-state index in [4.69, 9.17) is 4.74 Å². The maximum Gasteiger partial charge on any atom is 0.255 e. The minimum Gasteiger partial charge on any atom is -0.363 e. The van der Waals surface area contributed by atoms with Crippen molar-refractivity contribution in [3.05, 3.63) is 24.4 Å². The number of piperazine rings is 1. The van der Waals surface area contributed by atoms with E-state index in [1.807, 2.05) is 37.1 Å². The highest BCUT2D eigenvalue weighted by Gasteiger charge is 2.41. The molecule has 6 heteroatoms. The molecule has 0 bridgehead atoms. The van der Waals surface area contributed by atoms with Gasteiger partial charge in [-0.3, -0.25) is 4.79 Å². The minimum absolute atomic E-state index is 0.111. The Bertz CT molecular complexity index is 516. The van der Waals surface area contributed by atoms with E-state index in [0.717, 1.165) is 38.5 Å². The Balaban J connectivity index is 1.60. The summed E-state index contributed by atoms with van der Waals surface area (Å²) in [5.74, 6) is 1.09. The molecule has 120 valence electrons. The van der Waals surface area contributed by atoms with Crippen LogP contribution < -0.4 is 4.90 Å². The first-order valence-electron chi connectivity index (χ1n) is 7.86. The highest BCUT2D eigenvalue weighted by molar-refractivity contribution is 5.85. The summed E-state index contributed by atoms with van der Waals surface area (Å²) in [6.07, 6.45) is 1.81. The Hall–Kier alpha value is -1.66. The lowest BCUT2D eigenvalue weighted by Crippen LogP contribution is -2.61. The van der Waals surface area contributed by atoms with E-state index >= 15 is 0 Å². The van der Waals surface area contributed by atoms with E-state index in [0.29, 0.717) is 13.2 Å². The zero-order valence-electron chi connectivity index (χ0n) is 13.4. The number of likely N-dealkylation sites (N-methyl/N-ethyl adjacent to an activating group) is 1. The summed E-state index contributed by atoms with van der Waals surface area (Å²) in [6, 6.07) is 5.92. The van der Waals surface area contributed by atoms with Crippen LogP contribution in [0.4, 0.5) is 5.82 Å². The number of pyridine rings is 1. The number of hydrogen-bond acceptors (Lipinski definition) is 5. The molecule has 1 amide bonds. The number of ether oxygens (including phenoxy) is 1. The third kappa shape index (κ3) is 3.08. The Morgan fingerprint density at radius 1 is 1.23 bits per heavy atom. The average molecular weight is 304 g/mol. The van der Waals surface area contributed by atoms with E-state index in [2.05, 4.69) is 14.8 Å². The SMILES string of the molecule is CN1CCOC(C)(C(=O)N2CCN(c3ccccn3)CC2)C1. The topological polar surface area (TPSA) is 48.9 Å². The number of aromatic nitrogens is 1. The number of rotatable bonds is 2. The second kappa shape index (κ2) is 6.22. The third-order valence-electron chi connectivity index (χ3n) is 4.46. The average Bonchev–Trinajstić information content (AvgIpc) is 2.55. The van der Waals surface area contributed by atoms with E-state index in [1.54, 1.807) is 6.20 Å². The van der Waals surface area contributed by atoms with Crippen LogP contribution in [0.2, 0.25) is 0 Å². The van der Waals surface area contributed by atoms with Gasteiger partial charge in [0.05, 0.1) is 6.61 Å². The van der Waals surface area contributed by atoms with Gasteiger partial charge in [-0.05, 0) is 26.1 Å². The van der Waals surface area contributed by atoms with Crippen molar-refractivity contribution in [2.45, 2.75) is 12.5 Å². The maximum atomic E-state index is 12.8. The molecule has 3 heterocycles.